The molecule has 2 atom stereocenters. The molecule has 3 saturated heterocycles. The smallest absolute Gasteiger partial charge is 0.278 e. The highest BCUT2D eigenvalue weighted by atomic mass is 16.5. The highest BCUT2D eigenvalue weighted by Crippen LogP contribution is 2.28. The summed E-state index contributed by atoms with van der Waals surface area (Å²) in [5.41, 5.74) is 0. The van der Waals surface area contributed by atoms with Crippen LogP contribution < -0.4 is 9.47 Å². The van der Waals surface area contributed by atoms with Crippen molar-refractivity contribution in [1.82, 2.24) is 19.8 Å². The summed E-state index contributed by atoms with van der Waals surface area (Å²) in [5, 5.41) is 0. The van der Waals surface area contributed by atoms with E-state index in [1.165, 1.54) is 13.3 Å². The van der Waals surface area contributed by atoms with Gasteiger partial charge in [0.1, 0.15) is 6.10 Å². The van der Waals surface area contributed by atoms with Crippen molar-refractivity contribution in [3.8, 4) is 11.8 Å². The molecule has 4 heterocycles. The number of carbonyl (C=O) groups excluding carboxylic acids is 2. The Kier molecular flexibility index (Phi) is 5.61. The zero-order chi connectivity index (χ0) is 19.5. The molecule has 0 radical (unpaired) electrons. The first-order chi connectivity index (χ1) is 13.7. The molecule has 9 nitrogen and oxygen atoms in total. The maximum Gasteiger partial charge on any atom is 0.278 e. The van der Waals surface area contributed by atoms with E-state index in [4.69, 9.17) is 14.2 Å². The topological polar surface area (TPSA) is 94.1 Å². The van der Waals surface area contributed by atoms with Gasteiger partial charge in [-0.3, -0.25) is 9.59 Å². The second kappa shape index (κ2) is 8.30. The van der Waals surface area contributed by atoms with Gasteiger partial charge in [0.2, 0.25) is 11.8 Å². The predicted octanol–water partition coefficient (Wildman–Crippen LogP) is 0.492. The van der Waals surface area contributed by atoms with Crippen molar-refractivity contribution in [2.45, 2.75) is 37.8 Å². The molecule has 0 aromatic carbocycles. The Balaban J connectivity index is 1.33. The Morgan fingerprint density at radius 3 is 2.64 bits per heavy atom. The largest absolute Gasteiger partial charge is 0.477 e. The molecule has 3 aliphatic heterocycles. The fourth-order valence-electron chi connectivity index (χ4n) is 4.22. The molecule has 0 aliphatic carbocycles. The highest BCUT2D eigenvalue weighted by Gasteiger charge is 2.41. The number of hydrogen-bond donors (Lipinski definition) is 0. The number of methoxy groups -OCH3 is 1. The molecule has 3 fully saturated rings. The standard InChI is InChI=1S/C19H26N4O5/c1-26-17-18(21-6-5-20-17)28-15-2-7-22(12-15)19(25)13-10-16(24)23(11-13)14-3-8-27-9-4-14/h5-6,13-15H,2-4,7-12H2,1H3/t13-,15+/m1/s1. The van der Waals surface area contributed by atoms with E-state index in [2.05, 4.69) is 9.97 Å². The fraction of sp³-hybridized carbons (Fsp3) is 0.684. The molecule has 152 valence electrons. The summed E-state index contributed by atoms with van der Waals surface area (Å²) in [6, 6.07) is 0.206. The third kappa shape index (κ3) is 3.89. The van der Waals surface area contributed by atoms with Crippen LogP contribution in [-0.2, 0) is 14.3 Å². The summed E-state index contributed by atoms with van der Waals surface area (Å²) in [7, 11) is 1.52. The SMILES string of the molecule is COc1nccnc1O[C@H]1CCN(C(=O)[C@@H]2CC(=O)N(C3CCOCC3)C2)C1. The van der Waals surface area contributed by atoms with Crippen LogP contribution >= 0.6 is 0 Å². The molecule has 0 saturated carbocycles. The van der Waals surface area contributed by atoms with Crippen molar-refractivity contribution < 1.29 is 23.8 Å². The van der Waals surface area contributed by atoms with Crippen LogP contribution in [0.1, 0.15) is 25.7 Å². The Bertz CT molecular complexity index is 724. The monoisotopic (exact) mass is 390 g/mol. The van der Waals surface area contributed by atoms with Gasteiger partial charge in [0.05, 0.1) is 19.6 Å². The van der Waals surface area contributed by atoms with Gasteiger partial charge in [-0.05, 0) is 12.8 Å². The van der Waals surface area contributed by atoms with Gasteiger partial charge < -0.3 is 24.0 Å². The quantitative estimate of drug-likeness (QED) is 0.722. The molecule has 0 spiro atoms. The van der Waals surface area contributed by atoms with Crippen LogP contribution in [-0.4, -0.2) is 83.7 Å². The van der Waals surface area contributed by atoms with Crippen molar-refractivity contribution in [2.24, 2.45) is 5.92 Å². The number of carbonyl (C=O) groups is 2. The van der Waals surface area contributed by atoms with Crippen molar-refractivity contribution >= 4 is 11.8 Å². The fourth-order valence-corrected chi connectivity index (χ4v) is 4.22. The van der Waals surface area contributed by atoms with Gasteiger partial charge in [-0.1, -0.05) is 0 Å². The molecule has 4 rings (SSSR count). The maximum atomic E-state index is 13.0. The van der Waals surface area contributed by atoms with E-state index in [-0.39, 0.29) is 29.9 Å². The lowest BCUT2D eigenvalue weighted by Gasteiger charge is -2.31. The molecular weight excluding hydrogens is 364 g/mol. The van der Waals surface area contributed by atoms with Crippen LogP contribution in [0.2, 0.25) is 0 Å². The number of rotatable bonds is 5. The van der Waals surface area contributed by atoms with Gasteiger partial charge in [0, 0.05) is 57.6 Å². The van der Waals surface area contributed by atoms with E-state index < -0.39 is 0 Å². The van der Waals surface area contributed by atoms with E-state index in [1.54, 1.807) is 11.1 Å². The summed E-state index contributed by atoms with van der Waals surface area (Å²) in [6.45, 7) is 2.99. The van der Waals surface area contributed by atoms with Crippen LogP contribution in [0.3, 0.4) is 0 Å². The average Bonchev–Trinajstić information content (AvgIpc) is 3.35. The number of hydrogen-bond acceptors (Lipinski definition) is 7. The molecule has 0 bridgehead atoms. The van der Waals surface area contributed by atoms with E-state index in [1.807, 2.05) is 4.90 Å². The van der Waals surface area contributed by atoms with Crippen molar-refractivity contribution in [2.75, 3.05) is 40.0 Å². The Hall–Kier alpha value is -2.42. The number of ether oxygens (including phenoxy) is 3. The van der Waals surface area contributed by atoms with Crippen molar-refractivity contribution in [3.05, 3.63) is 12.4 Å². The third-order valence-electron chi connectivity index (χ3n) is 5.70. The van der Waals surface area contributed by atoms with Crippen LogP contribution in [0.15, 0.2) is 12.4 Å². The summed E-state index contributed by atoms with van der Waals surface area (Å²) in [5.74, 6) is 0.536. The van der Waals surface area contributed by atoms with Crippen LogP contribution in [0, 0.1) is 5.92 Å². The summed E-state index contributed by atoms with van der Waals surface area (Å²) >= 11 is 0. The van der Waals surface area contributed by atoms with Gasteiger partial charge in [0.15, 0.2) is 0 Å². The van der Waals surface area contributed by atoms with Crippen LogP contribution in [0.4, 0.5) is 0 Å². The lowest BCUT2D eigenvalue weighted by molar-refractivity contribution is -0.135. The van der Waals surface area contributed by atoms with Gasteiger partial charge in [-0.2, -0.15) is 0 Å². The van der Waals surface area contributed by atoms with E-state index >= 15 is 0 Å². The highest BCUT2D eigenvalue weighted by molar-refractivity contribution is 5.89. The minimum atomic E-state index is -0.264. The first-order valence-corrected chi connectivity index (χ1v) is 9.83. The van der Waals surface area contributed by atoms with E-state index in [9.17, 15) is 9.59 Å². The van der Waals surface area contributed by atoms with Gasteiger partial charge in [-0.25, -0.2) is 9.97 Å². The molecule has 9 heteroatoms. The predicted molar refractivity (Wildman–Crippen MR) is 97.9 cm³/mol. The summed E-state index contributed by atoms with van der Waals surface area (Å²) < 4.78 is 16.4. The van der Waals surface area contributed by atoms with E-state index in [0.29, 0.717) is 51.0 Å². The Morgan fingerprint density at radius 1 is 1.14 bits per heavy atom. The third-order valence-corrected chi connectivity index (χ3v) is 5.70. The summed E-state index contributed by atoms with van der Waals surface area (Å²) in [4.78, 5) is 37.3. The molecule has 1 aromatic heterocycles. The number of aromatic nitrogens is 2. The molecule has 28 heavy (non-hydrogen) atoms. The number of likely N-dealkylation sites (tertiary alicyclic amines) is 2. The minimum absolute atomic E-state index is 0.0418. The minimum Gasteiger partial charge on any atom is -0.477 e. The Labute approximate surface area is 164 Å². The second-order valence-corrected chi connectivity index (χ2v) is 7.47. The second-order valence-electron chi connectivity index (χ2n) is 7.47. The molecule has 2 amide bonds. The molecule has 0 N–H and O–H groups in total. The lowest BCUT2D eigenvalue weighted by Crippen LogP contribution is -2.42. The first-order valence-electron chi connectivity index (χ1n) is 9.83. The van der Waals surface area contributed by atoms with Gasteiger partial charge in [0.25, 0.3) is 11.8 Å². The normalized spacial score (nSPS) is 26.0. The molecule has 0 unspecified atom stereocenters. The number of amides is 2. The summed E-state index contributed by atoms with van der Waals surface area (Å²) in [6.07, 6.45) is 5.66. The zero-order valence-corrected chi connectivity index (χ0v) is 16.1. The van der Waals surface area contributed by atoms with Crippen LogP contribution in [0.25, 0.3) is 0 Å². The molecule has 1 aromatic rings. The zero-order valence-electron chi connectivity index (χ0n) is 16.1. The molecule has 3 aliphatic rings. The molecular formula is C19H26N4O5. The average molecular weight is 390 g/mol. The van der Waals surface area contributed by atoms with Gasteiger partial charge in [-0.15, -0.1) is 0 Å². The van der Waals surface area contributed by atoms with E-state index in [0.717, 1.165) is 19.3 Å². The van der Waals surface area contributed by atoms with Crippen LogP contribution in [0.5, 0.6) is 11.8 Å². The van der Waals surface area contributed by atoms with Crippen molar-refractivity contribution in [3.63, 3.8) is 0 Å². The first kappa shape index (κ1) is 18.9. The van der Waals surface area contributed by atoms with Gasteiger partial charge >= 0.3 is 0 Å². The lowest BCUT2D eigenvalue weighted by atomic mass is 10.1. The maximum absolute atomic E-state index is 13.0. The van der Waals surface area contributed by atoms with Crippen molar-refractivity contribution in [1.29, 1.82) is 0 Å². The Morgan fingerprint density at radius 2 is 1.89 bits per heavy atom. The number of nitrogens with zero attached hydrogens (tertiary/aromatic N) is 4.